The van der Waals surface area contributed by atoms with Gasteiger partial charge in [0.05, 0.1) is 0 Å². The average molecular weight is 238 g/mol. The Morgan fingerprint density at radius 1 is 1.35 bits per heavy atom. The fourth-order valence-electron chi connectivity index (χ4n) is 1.15. The molecule has 2 N–H and O–H groups in total. The second-order valence-electron chi connectivity index (χ2n) is 3.75. The highest BCUT2D eigenvalue weighted by atomic mass is 19.1. The van der Waals surface area contributed by atoms with Crippen LogP contribution in [-0.4, -0.2) is 17.9 Å². The van der Waals surface area contributed by atoms with Crippen LogP contribution < -0.4 is 10.6 Å². The maximum atomic E-state index is 12.8. The van der Waals surface area contributed by atoms with Crippen molar-refractivity contribution >= 4 is 17.5 Å². The van der Waals surface area contributed by atoms with Crippen molar-refractivity contribution in [2.24, 2.45) is 0 Å². The summed E-state index contributed by atoms with van der Waals surface area (Å²) < 4.78 is 12.8. The first-order valence-electron chi connectivity index (χ1n) is 5.40. The Balaban J connectivity index is 2.57. The molecule has 5 heteroatoms. The maximum Gasteiger partial charge on any atom is 0.313 e. The maximum absolute atomic E-state index is 12.8. The lowest BCUT2D eigenvalue weighted by molar-refractivity contribution is -0.136. The summed E-state index contributed by atoms with van der Waals surface area (Å²) in [5.41, 5.74) is 0.259. The van der Waals surface area contributed by atoms with Crippen molar-refractivity contribution in [1.82, 2.24) is 5.32 Å². The van der Waals surface area contributed by atoms with Crippen LogP contribution in [0.3, 0.4) is 0 Å². The largest absolute Gasteiger partial charge is 0.345 e. The van der Waals surface area contributed by atoms with Gasteiger partial charge in [0.2, 0.25) is 0 Å². The van der Waals surface area contributed by atoms with E-state index >= 15 is 0 Å². The molecule has 1 atom stereocenters. The highest BCUT2D eigenvalue weighted by Gasteiger charge is 2.15. The molecule has 0 unspecified atom stereocenters. The number of anilines is 1. The monoisotopic (exact) mass is 238 g/mol. The van der Waals surface area contributed by atoms with Gasteiger partial charge < -0.3 is 10.6 Å². The van der Waals surface area contributed by atoms with E-state index in [2.05, 4.69) is 10.6 Å². The predicted molar refractivity (Wildman–Crippen MR) is 62.9 cm³/mol. The minimum Gasteiger partial charge on any atom is -0.345 e. The summed E-state index contributed by atoms with van der Waals surface area (Å²) in [5, 5.41) is 4.84. The van der Waals surface area contributed by atoms with Crippen LogP contribution in [0.4, 0.5) is 10.1 Å². The smallest absolute Gasteiger partial charge is 0.313 e. The Bertz CT molecular complexity index is 421. The van der Waals surface area contributed by atoms with Gasteiger partial charge >= 0.3 is 11.8 Å². The molecule has 0 radical (unpaired) electrons. The molecule has 0 aliphatic carbocycles. The molecule has 0 aliphatic heterocycles. The lowest BCUT2D eigenvalue weighted by atomic mass is 10.2. The van der Waals surface area contributed by atoms with E-state index in [1.807, 2.05) is 6.92 Å². The van der Waals surface area contributed by atoms with Gasteiger partial charge in [-0.3, -0.25) is 9.59 Å². The Morgan fingerprint density at radius 2 is 2.06 bits per heavy atom. The van der Waals surface area contributed by atoms with Crippen LogP contribution in [0.25, 0.3) is 0 Å². The molecule has 17 heavy (non-hydrogen) atoms. The fourth-order valence-corrected chi connectivity index (χ4v) is 1.15. The lowest BCUT2D eigenvalue weighted by Gasteiger charge is -2.11. The Kier molecular flexibility index (Phi) is 4.63. The number of rotatable bonds is 3. The van der Waals surface area contributed by atoms with E-state index in [0.29, 0.717) is 0 Å². The van der Waals surface area contributed by atoms with Crippen LogP contribution in [0.2, 0.25) is 0 Å². The summed E-state index contributed by atoms with van der Waals surface area (Å²) in [7, 11) is 0. The van der Waals surface area contributed by atoms with Crippen LogP contribution in [0, 0.1) is 5.82 Å². The van der Waals surface area contributed by atoms with E-state index in [-0.39, 0.29) is 11.7 Å². The van der Waals surface area contributed by atoms with E-state index in [0.717, 1.165) is 12.5 Å². The molecular weight excluding hydrogens is 223 g/mol. The van der Waals surface area contributed by atoms with Crippen molar-refractivity contribution in [2.45, 2.75) is 26.3 Å². The molecule has 4 nitrogen and oxygen atoms in total. The van der Waals surface area contributed by atoms with Gasteiger partial charge in [0.1, 0.15) is 5.82 Å². The van der Waals surface area contributed by atoms with Gasteiger partial charge in [0.15, 0.2) is 0 Å². The molecule has 92 valence electrons. The number of amides is 2. The number of hydrogen-bond acceptors (Lipinski definition) is 2. The first-order chi connectivity index (χ1) is 8.02. The summed E-state index contributed by atoms with van der Waals surface area (Å²) in [6.07, 6.45) is 0.735. The van der Waals surface area contributed by atoms with Gasteiger partial charge in [-0.05, 0) is 31.5 Å². The van der Waals surface area contributed by atoms with Gasteiger partial charge in [0.25, 0.3) is 0 Å². The first kappa shape index (κ1) is 13.2. The molecule has 0 heterocycles. The first-order valence-corrected chi connectivity index (χ1v) is 5.40. The van der Waals surface area contributed by atoms with E-state index in [1.54, 1.807) is 6.92 Å². The quantitative estimate of drug-likeness (QED) is 0.787. The molecule has 0 fully saturated rings. The van der Waals surface area contributed by atoms with Crippen molar-refractivity contribution in [1.29, 1.82) is 0 Å². The molecular formula is C12H15FN2O2. The van der Waals surface area contributed by atoms with Crippen LogP contribution in [0.1, 0.15) is 20.3 Å². The average Bonchev–Trinajstić information content (AvgIpc) is 2.28. The fraction of sp³-hybridized carbons (Fsp3) is 0.333. The van der Waals surface area contributed by atoms with Gasteiger partial charge in [-0.2, -0.15) is 0 Å². The van der Waals surface area contributed by atoms with Gasteiger partial charge in [0, 0.05) is 11.7 Å². The van der Waals surface area contributed by atoms with E-state index in [9.17, 15) is 14.0 Å². The number of benzene rings is 1. The van der Waals surface area contributed by atoms with Gasteiger partial charge in [-0.25, -0.2) is 4.39 Å². The Hall–Kier alpha value is -1.91. The topological polar surface area (TPSA) is 58.2 Å². The summed E-state index contributed by atoms with van der Waals surface area (Å²) in [6.45, 7) is 3.70. The van der Waals surface area contributed by atoms with Crippen LogP contribution in [0.15, 0.2) is 24.3 Å². The molecule has 0 aromatic heterocycles. The molecule has 2 amide bonds. The van der Waals surface area contributed by atoms with E-state index in [4.69, 9.17) is 0 Å². The molecule has 1 aromatic carbocycles. The zero-order chi connectivity index (χ0) is 12.8. The standard InChI is InChI=1S/C12H15FN2O2/c1-3-8(2)14-11(16)12(17)15-10-6-4-5-9(13)7-10/h4-8H,3H2,1-2H3,(H,14,16)(H,15,17)/t8-/m0/s1. The van der Waals surface area contributed by atoms with Crippen molar-refractivity contribution in [3.05, 3.63) is 30.1 Å². The summed E-state index contributed by atoms with van der Waals surface area (Å²) in [6, 6.07) is 5.30. The van der Waals surface area contributed by atoms with E-state index in [1.165, 1.54) is 18.2 Å². The number of nitrogens with one attached hydrogen (secondary N) is 2. The summed E-state index contributed by atoms with van der Waals surface area (Å²) in [4.78, 5) is 22.8. The Labute approximate surface area is 99.2 Å². The molecule has 1 aromatic rings. The second kappa shape index (κ2) is 5.98. The van der Waals surface area contributed by atoms with Crippen molar-refractivity contribution < 1.29 is 14.0 Å². The third-order valence-electron chi connectivity index (χ3n) is 2.28. The second-order valence-corrected chi connectivity index (χ2v) is 3.75. The van der Waals surface area contributed by atoms with Gasteiger partial charge in [-0.1, -0.05) is 13.0 Å². The number of carbonyl (C=O) groups is 2. The molecule has 0 aliphatic rings. The zero-order valence-electron chi connectivity index (χ0n) is 9.79. The lowest BCUT2D eigenvalue weighted by Crippen LogP contribution is -2.40. The van der Waals surface area contributed by atoms with Gasteiger partial charge in [-0.15, -0.1) is 0 Å². The molecule has 0 saturated carbocycles. The van der Waals surface area contributed by atoms with Crippen LogP contribution in [0.5, 0.6) is 0 Å². The van der Waals surface area contributed by atoms with Crippen LogP contribution >= 0.6 is 0 Å². The zero-order valence-corrected chi connectivity index (χ0v) is 9.79. The number of hydrogen-bond donors (Lipinski definition) is 2. The minimum atomic E-state index is -0.795. The highest BCUT2D eigenvalue weighted by molar-refractivity contribution is 6.39. The number of carbonyl (C=O) groups excluding carboxylic acids is 2. The van der Waals surface area contributed by atoms with Crippen molar-refractivity contribution in [3.8, 4) is 0 Å². The summed E-state index contributed by atoms with van der Waals surface area (Å²) >= 11 is 0. The normalized spacial score (nSPS) is 11.7. The third-order valence-corrected chi connectivity index (χ3v) is 2.28. The molecule has 0 bridgehead atoms. The van der Waals surface area contributed by atoms with Crippen molar-refractivity contribution in [3.63, 3.8) is 0 Å². The third kappa shape index (κ3) is 4.22. The molecule has 0 saturated heterocycles. The van der Waals surface area contributed by atoms with E-state index < -0.39 is 17.6 Å². The molecule has 1 rings (SSSR count). The summed E-state index contributed by atoms with van der Waals surface area (Å²) in [5.74, 6) is -1.98. The number of halogens is 1. The molecule has 0 spiro atoms. The van der Waals surface area contributed by atoms with Crippen LogP contribution in [-0.2, 0) is 9.59 Å². The highest BCUT2D eigenvalue weighted by Crippen LogP contribution is 2.08. The van der Waals surface area contributed by atoms with Crippen molar-refractivity contribution in [2.75, 3.05) is 5.32 Å². The Morgan fingerprint density at radius 3 is 2.65 bits per heavy atom. The minimum absolute atomic E-state index is 0.0687. The predicted octanol–water partition coefficient (Wildman–Crippen LogP) is 1.68. The SMILES string of the molecule is CC[C@H](C)NC(=O)C(=O)Nc1cccc(F)c1.